The molecule has 1 aromatic rings. The van der Waals surface area contributed by atoms with Gasteiger partial charge in [0.2, 0.25) is 0 Å². The van der Waals surface area contributed by atoms with Crippen molar-refractivity contribution in [3.63, 3.8) is 0 Å². The minimum Gasteiger partial charge on any atom is -0.480 e. The van der Waals surface area contributed by atoms with Gasteiger partial charge in [-0.15, -0.1) is 11.8 Å². The molecule has 0 aromatic heterocycles. The average molecular weight is 252 g/mol. The predicted octanol–water partition coefficient (Wildman–Crippen LogP) is 1.54. The van der Waals surface area contributed by atoms with Crippen LogP contribution in [0.1, 0.15) is 10.9 Å². The molecule has 2 rings (SSSR count). The van der Waals surface area contributed by atoms with E-state index in [1.54, 1.807) is 11.8 Å². The van der Waals surface area contributed by atoms with Crippen molar-refractivity contribution in [2.45, 2.75) is 11.4 Å². The van der Waals surface area contributed by atoms with Crippen LogP contribution in [0.15, 0.2) is 24.3 Å². The summed E-state index contributed by atoms with van der Waals surface area (Å²) >= 11 is 1.64. The molecule has 2 N–H and O–H groups in total. The summed E-state index contributed by atoms with van der Waals surface area (Å²) in [5.74, 6) is -0.153. The fourth-order valence-electron chi connectivity index (χ4n) is 1.75. The Hall–Kier alpha value is -1.20. The van der Waals surface area contributed by atoms with Crippen molar-refractivity contribution in [2.75, 3.05) is 24.7 Å². The van der Waals surface area contributed by atoms with Crippen molar-refractivity contribution in [1.29, 1.82) is 0 Å². The molecule has 1 aliphatic heterocycles. The molecule has 92 valence electrons. The molecule has 0 bridgehead atoms. The van der Waals surface area contributed by atoms with E-state index in [4.69, 9.17) is 5.11 Å². The number of nitrogens with one attached hydrogen (secondary N) is 1. The number of aliphatic carboxylic acids is 1. The molecule has 17 heavy (non-hydrogen) atoms. The number of carbonyl (C=O) groups is 1. The molecule has 4 nitrogen and oxygen atoms in total. The summed E-state index contributed by atoms with van der Waals surface area (Å²) in [7, 11) is 4.00. The number of carboxylic acids is 1. The minimum atomic E-state index is -0.773. The number of rotatable bonds is 3. The summed E-state index contributed by atoms with van der Waals surface area (Å²) in [6.07, 6.45) is 0. The standard InChI is InChI=1S/C12H16N2O2S/c1-14(2)9-5-3-8(4-6-9)11-13-10(7-17-11)12(15)16/h3-6,10-11,13H,7H2,1-2H3,(H,15,16)/t10-,11-/m0/s1. The van der Waals surface area contributed by atoms with Gasteiger partial charge in [0.1, 0.15) is 6.04 Å². The lowest BCUT2D eigenvalue weighted by Crippen LogP contribution is -2.33. The first-order chi connectivity index (χ1) is 8.08. The lowest BCUT2D eigenvalue weighted by Gasteiger charge is -2.15. The van der Waals surface area contributed by atoms with Crippen molar-refractivity contribution in [3.05, 3.63) is 29.8 Å². The zero-order chi connectivity index (χ0) is 12.4. The van der Waals surface area contributed by atoms with E-state index in [-0.39, 0.29) is 5.37 Å². The third-order valence-electron chi connectivity index (χ3n) is 2.79. The van der Waals surface area contributed by atoms with Crippen molar-refractivity contribution in [2.24, 2.45) is 0 Å². The number of thioether (sulfide) groups is 1. The Morgan fingerprint density at radius 2 is 2.06 bits per heavy atom. The van der Waals surface area contributed by atoms with Crippen molar-refractivity contribution in [3.8, 4) is 0 Å². The molecule has 0 aliphatic carbocycles. The van der Waals surface area contributed by atoms with E-state index >= 15 is 0 Å². The van der Waals surface area contributed by atoms with E-state index in [1.807, 2.05) is 43.3 Å². The molecule has 5 heteroatoms. The summed E-state index contributed by atoms with van der Waals surface area (Å²) in [5, 5.41) is 12.1. The molecule has 0 amide bonds. The molecular formula is C12H16N2O2S. The highest BCUT2D eigenvalue weighted by Gasteiger charge is 2.30. The fraction of sp³-hybridized carbons (Fsp3) is 0.417. The Bertz CT molecular complexity index is 405. The van der Waals surface area contributed by atoms with Crippen LogP contribution in [-0.2, 0) is 4.79 Å². The van der Waals surface area contributed by atoms with Gasteiger partial charge in [-0.2, -0.15) is 0 Å². The second-order valence-electron chi connectivity index (χ2n) is 4.26. The monoisotopic (exact) mass is 252 g/mol. The predicted molar refractivity (Wildman–Crippen MR) is 70.5 cm³/mol. The molecule has 0 unspecified atom stereocenters. The van der Waals surface area contributed by atoms with Gasteiger partial charge < -0.3 is 10.0 Å². The Kier molecular flexibility index (Phi) is 3.59. The second-order valence-corrected chi connectivity index (χ2v) is 5.39. The highest BCUT2D eigenvalue weighted by molar-refractivity contribution is 7.99. The summed E-state index contributed by atoms with van der Waals surface area (Å²) in [6.45, 7) is 0. The first kappa shape index (κ1) is 12.3. The number of carboxylic acid groups (broad SMARTS) is 1. The Morgan fingerprint density at radius 3 is 2.53 bits per heavy atom. The maximum Gasteiger partial charge on any atom is 0.321 e. The zero-order valence-electron chi connectivity index (χ0n) is 9.88. The van der Waals surface area contributed by atoms with E-state index in [1.165, 1.54) is 0 Å². The Balaban J connectivity index is 2.06. The molecule has 0 spiro atoms. The van der Waals surface area contributed by atoms with Crippen molar-refractivity contribution < 1.29 is 9.90 Å². The van der Waals surface area contributed by atoms with Gasteiger partial charge in [-0.05, 0) is 17.7 Å². The molecule has 2 atom stereocenters. The molecule has 1 aliphatic rings. The molecule has 0 saturated carbocycles. The van der Waals surface area contributed by atoms with Gasteiger partial charge in [0.05, 0.1) is 5.37 Å². The van der Waals surface area contributed by atoms with Gasteiger partial charge in [-0.25, -0.2) is 0 Å². The number of nitrogens with zero attached hydrogens (tertiary/aromatic N) is 1. The zero-order valence-corrected chi connectivity index (χ0v) is 10.7. The smallest absolute Gasteiger partial charge is 0.321 e. The van der Waals surface area contributed by atoms with Crippen LogP contribution in [0.2, 0.25) is 0 Å². The Labute approximate surface area is 105 Å². The molecular weight excluding hydrogens is 236 g/mol. The number of hydrogen-bond acceptors (Lipinski definition) is 4. The fourth-order valence-corrected chi connectivity index (χ4v) is 2.99. The topological polar surface area (TPSA) is 52.6 Å². The second kappa shape index (κ2) is 4.98. The van der Waals surface area contributed by atoms with Crippen LogP contribution in [0.4, 0.5) is 5.69 Å². The highest BCUT2D eigenvalue weighted by atomic mass is 32.2. The Morgan fingerprint density at radius 1 is 1.41 bits per heavy atom. The van der Waals surface area contributed by atoms with Crippen LogP contribution < -0.4 is 10.2 Å². The SMILES string of the molecule is CN(C)c1ccc([C@H]2N[C@H](C(=O)O)CS2)cc1. The summed E-state index contributed by atoms with van der Waals surface area (Å²) in [4.78, 5) is 12.9. The van der Waals surface area contributed by atoms with Crippen LogP contribution in [0.3, 0.4) is 0 Å². The average Bonchev–Trinajstić information content (AvgIpc) is 2.78. The molecule has 1 fully saturated rings. The molecule has 1 heterocycles. The molecule has 1 saturated heterocycles. The van der Waals surface area contributed by atoms with E-state index in [9.17, 15) is 4.79 Å². The van der Waals surface area contributed by atoms with Gasteiger partial charge in [0.25, 0.3) is 0 Å². The molecule has 0 radical (unpaired) electrons. The van der Waals surface area contributed by atoms with E-state index in [2.05, 4.69) is 5.32 Å². The van der Waals surface area contributed by atoms with E-state index in [0.29, 0.717) is 5.75 Å². The first-order valence-electron chi connectivity index (χ1n) is 5.45. The summed E-state index contributed by atoms with van der Waals surface area (Å²) in [6, 6.07) is 7.75. The van der Waals surface area contributed by atoms with Crippen LogP contribution in [0.25, 0.3) is 0 Å². The van der Waals surface area contributed by atoms with E-state index in [0.717, 1.165) is 11.3 Å². The maximum absolute atomic E-state index is 10.8. The largest absolute Gasteiger partial charge is 0.480 e. The highest BCUT2D eigenvalue weighted by Crippen LogP contribution is 2.33. The van der Waals surface area contributed by atoms with Gasteiger partial charge in [-0.1, -0.05) is 12.1 Å². The number of benzene rings is 1. The lowest BCUT2D eigenvalue weighted by atomic mass is 10.2. The normalized spacial score (nSPS) is 23.6. The van der Waals surface area contributed by atoms with Gasteiger partial charge in [-0.3, -0.25) is 10.1 Å². The molecule has 1 aromatic carbocycles. The van der Waals surface area contributed by atoms with Gasteiger partial charge in [0.15, 0.2) is 0 Å². The number of anilines is 1. The van der Waals surface area contributed by atoms with E-state index < -0.39 is 12.0 Å². The van der Waals surface area contributed by atoms with Gasteiger partial charge >= 0.3 is 5.97 Å². The van der Waals surface area contributed by atoms with Crippen molar-refractivity contribution in [1.82, 2.24) is 5.32 Å². The van der Waals surface area contributed by atoms with Crippen LogP contribution >= 0.6 is 11.8 Å². The van der Waals surface area contributed by atoms with Crippen LogP contribution in [0, 0.1) is 0 Å². The quantitative estimate of drug-likeness (QED) is 0.854. The van der Waals surface area contributed by atoms with Gasteiger partial charge in [0, 0.05) is 25.5 Å². The van der Waals surface area contributed by atoms with Crippen LogP contribution in [-0.4, -0.2) is 37.0 Å². The van der Waals surface area contributed by atoms with Crippen LogP contribution in [0.5, 0.6) is 0 Å². The number of hydrogen-bond donors (Lipinski definition) is 2. The first-order valence-corrected chi connectivity index (χ1v) is 6.50. The lowest BCUT2D eigenvalue weighted by molar-refractivity contribution is -0.138. The maximum atomic E-state index is 10.8. The third kappa shape index (κ3) is 2.73. The van der Waals surface area contributed by atoms with Crippen molar-refractivity contribution >= 4 is 23.4 Å². The minimum absolute atomic E-state index is 0.0901. The summed E-state index contributed by atoms with van der Waals surface area (Å²) < 4.78 is 0. The third-order valence-corrected chi connectivity index (χ3v) is 4.06. The summed E-state index contributed by atoms with van der Waals surface area (Å²) in [5.41, 5.74) is 2.27.